The first-order chi connectivity index (χ1) is 15.8. The Hall–Kier alpha value is -2.99. The molecule has 1 aliphatic heterocycles. The molecule has 0 fully saturated rings. The first-order valence-electron chi connectivity index (χ1n) is 9.91. The molecule has 1 aromatic carbocycles. The number of esters is 2. The van der Waals surface area contributed by atoms with Crippen LogP contribution < -0.4 is 5.32 Å². The SMILES string of the molecule is COC(=O)C1=C(C(OC)OC)NC(C)=C(C(=O)OC(C)C)C1c1c(F)ccc(F)c1C(F)(F)F. The second kappa shape index (κ2) is 10.5. The van der Waals surface area contributed by atoms with E-state index >= 15 is 4.39 Å². The number of allylic oxidation sites excluding steroid dienone is 1. The van der Waals surface area contributed by atoms with Gasteiger partial charge in [-0.05, 0) is 32.9 Å². The van der Waals surface area contributed by atoms with E-state index in [-0.39, 0.29) is 11.4 Å². The van der Waals surface area contributed by atoms with Crippen molar-refractivity contribution in [2.45, 2.75) is 45.3 Å². The molecule has 0 saturated heterocycles. The summed E-state index contributed by atoms with van der Waals surface area (Å²) in [5.74, 6) is -7.75. The van der Waals surface area contributed by atoms with Crippen molar-refractivity contribution >= 4 is 11.9 Å². The third-order valence-electron chi connectivity index (χ3n) is 4.94. The molecule has 0 saturated carbocycles. The van der Waals surface area contributed by atoms with Crippen LogP contribution in [0.25, 0.3) is 0 Å². The van der Waals surface area contributed by atoms with Crippen LogP contribution in [-0.4, -0.2) is 45.7 Å². The third-order valence-corrected chi connectivity index (χ3v) is 4.94. The van der Waals surface area contributed by atoms with Gasteiger partial charge in [-0.1, -0.05) is 0 Å². The van der Waals surface area contributed by atoms with E-state index in [1.807, 2.05) is 0 Å². The molecular formula is C22H24F5NO6. The van der Waals surface area contributed by atoms with E-state index in [2.05, 4.69) is 5.32 Å². The standard InChI is InChI=1S/C22H24F5NO6/c1-9(2)34-20(30)13-10(3)28-18(21(32-5)33-6)16(19(29)31-4)15(13)14-11(23)7-8-12(24)17(14)22(25,26)27/h7-9,15,21,28H,1-6H3. The van der Waals surface area contributed by atoms with Crippen LogP contribution in [-0.2, 0) is 34.7 Å². The molecule has 2 rings (SSSR count). The lowest BCUT2D eigenvalue weighted by atomic mass is 9.77. The predicted molar refractivity (Wildman–Crippen MR) is 108 cm³/mol. The largest absolute Gasteiger partial charge is 0.466 e. The lowest BCUT2D eigenvalue weighted by Gasteiger charge is -2.34. The Morgan fingerprint density at radius 3 is 2.00 bits per heavy atom. The second-order valence-electron chi connectivity index (χ2n) is 7.49. The van der Waals surface area contributed by atoms with Crippen LogP contribution in [0.3, 0.4) is 0 Å². The fourth-order valence-electron chi connectivity index (χ4n) is 3.68. The summed E-state index contributed by atoms with van der Waals surface area (Å²) >= 11 is 0. The van der Waals surface area contributed by atoms with Crippen molar-refractivity contribution in [1.82, 2.24) is 5.32 Å². The summed E-state index contributed by atoms with van der Waals surface area (Å²) in [6.07, 6.45) is -7.46. The van der Waals surface area contributed by atoms with Gasteiger partial charge in [0.2, 0.25) is 0 Å². The van der Waals surface area contributed by atoms with E-state index in [9.17, 15) is 27.2 Å². The Bertz CT molecular complexity index is 1030. The van der Waals surface area contributed by atoms with Crippen LogP contribution in [0.2, 0.25) is 0 Å². The molecule has 1 N–H and O–H groups in total. The van der Waals surface area contributed by atoms with Crippen molar-refractivity contribution in [3.63, 3.8) is 0 Å². The van der Waals surface area contributed by atoms with Crippen LogP contribution in [0.1, 0.15) is 37.8 Å². The Balaban J connectivity index is 3.06. The summed E-state index contributed by atoms with van der Waals surface area (Å²) in [5.41, 5.74) is -4.79. The molecule has 12 heteroatoms. The summed E-state index contributed by atoms with van der Waals surface area (Å²) in [6.45, 7) is 4.26. The molecule has 0 amide bonds. The number of carbonyl (C=O) groups excluding carboxylic acids is 2. The van der Waals surface area contributed by atoms with Crippen LogP contribution in [0, 0.1) is 11.6 Å². The highest BCUT2D eigenvalue weighted by molar-refractivity contribution is 6.00. The lowest BCUT2D eigenvalue weighted by Crippen LogP contribution is -2.39. The Labute approximate surface area is 192 Å². The molecule has 1 heterocycles. The smallest absolute Gasteiger partial charge is 0.419 e. The molecule has 188 valence electrons. The molecular weight excluding hydrogens is 469 g/mol. The molecule has 0 bridgehead atoms. The van der Waals surface area contributed by atoms with E-state index < -0.39 is 70.3 Å². The van der Waals surface area contributed by atoms with E-state index in [1.165, 1.54) is 35.0 Å². The zero-order valence-corrected chi connectivity index (χ0v) is 19.2. The van der Waals surface area contributed by atoms with Crippen molar-refractivity contribution < 1.29 is 50.5 Å². The minimum Gasteiger partial charge on any atom is -0.466 e. The minimum atomic E-state index is -5.38. The minimum absolute atomic E-state index is 0.0887. The van der Waals surface area contributed by atoms with Gasteiger partial charge in [-0.25, -0.2) is 18.4 Å². The van der Waals surface area contributed by atoms with Crippen LogP contribution in [0.5, 0.6) is 0 Å². The molecule has 0 aromatic heterocycles. The van der Waals surface area contributed by atoms with Crippen LogP contribution >= 0.6 is 0 Å². The van der Waals surface area contributed by atoms with Gasteiger partial charge in [0.1, 0.15) is 11.6 Å². The molecule has 7 nitrogen and oxygen atoms in total. The van der Waals surface area contributed by atoms with Crippen molar-refractivity contribution in [2.24, 2.45) is 0 Å². The summed E-state index contributed by atoms with van der Waals surface area (Å²) < 4.78 is 91.6. The summed E-state index contributed by atoms with van der Waals surface area (Å²) in [4.78, 5) is 25.8. The monoisotopic (exact) mass is 493 g/mol. The predicted octanol–water partition coefficient (Wildman–Crippen LogP) is 3.94. The molecule has 1 unspecified atom stereocenters. The Morgan fingerprint density at radius 1 is 0.971 bits per heavy atom. The first kappa shape index (κ1) is 27.3. The topological polar surface area (TPSA) is 83.1 Å². The number of hydrogen-bond acceptors (Lipinski definition) is 7. The average Bonchev–Trinajstić information content (AvgIpc) is 2.73. The fraction of sp³-hybridized carbons (Fsp3) is 0.455. The Kier molecular flexibility index (Phi) is 8.43. The van der Waals surface area contributed by atoms with Gasteiger partial charge in [0, 0.05) is 25.5 Å². The highest BCUT2D eigenvalue weighted by Gasteiger charge is 2.48. The Morgan fingerprint density at radius 2 is 1.53 bits per heavy atom. The normalized spacial score (nSPS) is 16.8. The highest BCUT2D eigenvalue weighted by Crippen LogP contribution is 2.47. The maximum absolute atomic E-state index is 15.1. The van der Waals surface area contributed by atoms with E-state index in [1.54, 1.807) is 0 Å². The first-order valence-corrected chi connectivity index (χ1v) is 9.91. The molecule has 0 spiro atoms. The van der Waals surface area contributed by atoms with Gasteiger partial charge in [0.05, 0.1) is 41.5 Å². The van der Waals surface area contributed by atoms with Gasteiger partial charge < -0.3 is 24.3 Å². The van der Waals surface area contributed by atoms with Gasteiger partial charge in [-0.2, -0.15) is 13.2 Å². The number of methoxy groups -OCH3 is 3. The van der Waals surface area contributed by atoms with Crippen molar-refractivity contribution in [3.05, 3.63) is 57.4 Å². The van der Waals surface area contributed by atoms with Gasteiger partial charge in [-0.15, -0.1) is 0 Å². The second-order valence-corrected chi connectivity index (χ2v) is 7.49. The zero-order chi connectivity index (χ0) is 26.0. The van der Waals surface area contributed by atoms with Gasteiger partial charge >= 0.3 is 18.1 Å². The number of ether oxygens (including phenoxy) is 4. The molecule has 1 aliphatic rings. The zero-order valence-electron chi connectivity index (χ0n) is 19.2. The number of halogens is 5. The summed E-state index contributed by atoms with van der Waals surface area (Å²) in [6, 6.07) is 0.780. The molecule has 1 atom stereocenters. The number of nitrogens with one attached hydrogen (secondary N) is 1. The van der Waals surface area contributed by atoms with Gasteiger partial charge in [-0.3, -0.25) is 0 Å². The van der Waals surface area contributed by atoms with Crippen molar-refractivity contribution in [1.29, 1.82) is 0 Å². The maximum Gasteiger partial charge on any atom is 0.419 e. The quantitative estimate of drug-likeness (QED) is 0.350. The third kappa shape index (κ3) is 5.22. The molecule has 0 radical (unpaired) electrons. The van der Waals surface area contributed by atoms with Crippen molar-refractivity contribution in [3.8, 4) is 0 Å². The van der Waals surface area contributed by atoms with Gasteiger partial charge in [0.25, 0.3) is 0 Å². The molecule has 0 aliphatic carbocycles. The van der Waals surface area contributed by atoms with E-state index in [0.29, 0.717) is 12.1 Å². The number of hydrogen-bond donors (Lipinski definition) is 1. The number of benzene rings is 1. The number of carbonyl (C=O) groups is 2. The maximum atomic E-state index is 15.1. The fourth-order valence-corrected chi connectivity index (χ4v) is 3.68. The highest BCUT2D eigenvalue weighted by atomic mass is 19.4. The number of rotatable bonds is 7. The van der Waals surface area contributed by atoms with Crippen molar-refractivity contribution in [2.75, 3.05) is 21.3 Å². The molecule has 34 heavy (non-hydrogen) atoms. The average molecular weight is 493 g/mol. The summed E-state index contributed by atoms with van der Waals surface area (Å²) in [7, 11) is 3.29. The lowest BCUT2D eigenvalue weighted by molar-refractivity contribution is -0.145. The van der Waals surface area contributed by atoms with Crippen LogP contribution in [0.4, 0.5) is 22.0 Å². The number of alkyl halides is 3. The molecule has 1 aromatic rings. The number of dihydropyridines is 1. The van der Waals surface area contributed by atoms with Gasteiger partial charge in [0.15, 0.2) is 6.29 Å². The van der Waals surface area contributed by atoms with E-state index in [0.717, 1.165) is 7.11 Å². The summed E-state index contributed by atoms with van der Waals surface area (Å²) in [5, 5.41) is 2.69. The van der Waals surface area contributed by atoms with E-state index in [4.69, 9.17) is 18.9 Å². The van der Waals surface area contributed by atoms with Crippen LogP contribution in [0.15, 0.2) is 34.7 Å².